The first-order chi connectivity index (χ1) is 34.2. The average Bonchev–Trinajstić information content (AvgIpc) is 4.10. The van der Waals surface area contributed by atoms with E-state index in [4.69, 9.17) is 23.8 Å². The van der Waals surface area contributed by atoms with Crippen LogP contribution < -0.4 is 0 Å². The van der Waals surface area contributed by atoms with Gasteiger partial charge in [0, 0.05) is 54.6 Å². The van der Waals surface area contributed by atoms with Crippen molar-refractivity contribution in [3.63, 3.8) is 0 Å². The van der Waals surface area contributed by atoms with Crippen molar-refractivity contribution < 1.29 is 8.83 Å². The van der Waals surface area contributed by atoms with Gasteiger partial charge in [0.25, 0.3) is 0 Å². The zero-order valence-electron chi connectivity index (χ0n) is 37.0. The predicted octanol–water partition coefficient (Wildman–Crippen LogP) is 16.8. The second-order valence-corrected chi connectivity index (χ2v) is 17.5. The first-order valence-corrected chi connectivity index (χ1v) is 23.2. The Morgan fingerprint density at radius 2 is 0.754 bits per heavy atom. The van der Waals surface area contributed by atoms with Crippen LogP contribution in [0.15, 0.2) is 239 Å². The molecule has 0 saturated heterocycles. The zero-order valence-corrected chi connectivity index (χ0v) is 37.0. The lowest BCUT2D eigenvalue weighted by atomic mass is 10.0. The molecule has 0 fully saturated rings. The molecule has 6 heteroatoms. The van der Waals surface area contributed by atoms with Gasteiger partial charge in [0.1, 0.15) is 16.7 Å². The lowest BCUT2D eigenvalue weighted by molar-refractivity contribution is 0.667. The van der Waals surface area contributed by atoms with Crippen molar-refractivity contribution in [2.75, 3.05) is 0 Å². The van der Waals surface area contributed by atoms with Crippen LogP contribution in [0.5, 0.6) is 0 Å². The molecule has 0 N–H and O–H groups in total. The molecule has 14 aromatic rings. The van der Waals surface area contributed by atoms with Gasteiger partial charge in [-0.1, -0.05) is 182 Å². The monoisotopic (exact) mass is 882 g/mol. The van der Waals surface area contributed by atoms with Gasteiger partial charge in [-0.25, -0.2) is 15.0 Å². The van der Waals surface area contributed by atoms with Crippen LogP contribution in [-0.4, -0.2) is 19.5 Å². The van der Waals surface area contributed by atoms with Gasteiger partial charge in [-0.2, -0.15) is 0 Å². The molecule has 14 rings (SSSR count). The summed E-state index contributed by atoms with van der Waals surface area (Å²) in [5.41, 5.74) is 15.8. The van der Waals surface area contributed by atoms with Crippen LogP contribution in [0.3, 0.4) is 0 Å². The molecule has 0 unspecified atom stereocenters. The summed E-state index contributed by atoms with van der Waals surface area (Å²) in [4.78, 5) is 15.0. The number of hydrogen-bond donors (Lipinski definition) is 0. The number of nitrogens with zero attached hydrogens (tertiary/aromatic N) is 4. The minimum atomic E-state index is 0.572. The SMILES string of the molecule is c1ccc(-c2ccc(-c3nc(-c4ccccc4)nc(-c4ccc5c(c4)oc4cc(-c6cccc7c6oc6c(-n8c9ccccc9c9cc(-c%10ccccc%10)ccc98)cccc67)ccc45)n3)cc2)cc1. The van der Waals surface area contributed by atoms with Crippen molar-refractivity contribution in [2.45, 2.75) is 0 Å². The summed E-state index contributed by atoms with van der Waals surface area (Å²) < 4.78 is 16.1. The van der Waals surface area contributed by atoms with E-state index in [2.05, 4.69) is 193 Å². The second kappa shape index (κ2) is 15.6. The molecule has 0 aliphatic rings. The third kappa shape index (κ3) is 6.45. The maximum absolute atomic E-state index is 7.06. The van der Waals surface area contributed by atoms with Crippen molar-refractivity contribution in [2.24, 2.45) is 0 Å². The van der Waals surface area contributed by atoms with E-state index in [1.165, 1.54) is 21.9 Å². The Bertz CT molecular complexity index is 4290. The van der Waals surface area contributed by atoms with Crippen LogP contribution in [0.1, 0.15) is 0 Å². The molecule has 0 spiro atoms. The van der Waals surface area contributed by atoms with Crippen molar-refractivity contribution in [3.8, 4) is 73.2 Å². The molecule has 4 aromatic heterocycles. The Labute approximate surface area is 396 Å². The molecular formula is C63H38N4O2. The maximum atomic E-state index is 7.06. The zero-order chi connectivity index (χ0) is 45.4. The highest BCUT2D eigenvalue weighted by Crippen LogP contribution is 2.43. The Kier molecular flexibility index (Phi) is 8.79. The largest absolute Gasteiger partial charge is 0.456 e. The van der Waals surface area contributed by atoms with E-state index in [0.29, 0.717) is 17.5 Å². The Morgan fingerprint density at radius 1 is 0.275 bits per heavy atom. The summed E-state index contributed by atoms with van der Waals surface area (Å²) in [5.74, 6) is 1.78. The number of fused-ring (bicyclic) bond motifs is 9. The third-order valence-electron chi connectivity index (χ3n) is 13.5. The van der Waals surface area contributed by atoms with Crippen molar-refractivity contribution in [3.05, 3.63) is 231 Å². The number of para-hydroxylation sites is 3. The standard InChI is InChI=1S/C63H38N4O2/c1-4-14-39(15-5-1)41-26-28-43(29-27-41)62-64-61(42-18-8-3-9-19-42)65-63(66-62)46-31-34-50-49-33-30-45(37-57(49)68-58(50)38-46)47-21-12-22-51-52-23-13-25-56(60(52)69-59(47)51)67-54-24-11-10-20-48(54)53-36-44(32-35-55(53)67)40-16-6-2-7-17-40/h1-38H. The summed E-state index contributed by atoms with van der Waals surface area (Å²) in [6.07, 6.45) is 0. The van der Waals surface area contributed by atoms with Gasteiger partial charge in [-0.15, -0.1) is 0 Å². The lowest BCUT2D eigenvalue weighted by Crippen LogP contribution is -2.00. The van der Waals surface area contributed by atoms with Crippen LogP contribution in [0.2, 0.25) is 0 Å². The molecule has 4 heterocycles. The number of furan rings is 2. The highest BCUT2D eigenvalue weighted by molar-refractivity contribution is 6.15. The number of hydrogen-bond acceptors (Lipinski definition) is 5. The van der Waals surface area contributed by atoms with E-state index < -0.39 is 0 Å². The highest BCUT2D eigenvalue weighted by Gasteiger charge is 2.21. The minimum Gasteiger partial charge on any atom is -0.456 e. The van der Waals surface area contributed by atoms with E-state index in [-0.39, 0.29) is 0 Å². The summed E-state index contributed by atoms with van der Waals surface area (Å²) in [5, 5.41) is 6.57. The summed E-state index contributed by atoms with van der Waals surface area (Å²) >= 11 is 0. The third-order valence-corrected chi connectivity index (χ3v) is 13.5. The van der Waals surface area contributed by atoms with E-state index in [0.717, 1.165) is 99.5 Å². The number of rotatable bonds is 7. The molecule has 6 nitrogen and oxygen atoms in total. The molecule has 0 saturated carbocycles. The van der Waals surface area contributed by atoms with E-state index in [1.807, 2.05) is 42.5 Å². The summed E-state index contributed by atoms with van der Waals surface area (Å²) in [6.45, 7) is 0. The van der Waals surface area contributed by atoms with Gasteiger partial charge in [0.15, 0.2) is 23.1 Å². The quantitative estimate of drug-likeness (QED) is 0.159. The fourth-order valence-electron chi connectivity index (χ4n) is 10.1. The number of benzene rings is 10. The minimum absolute atomic E-state index is 0.572. The Hall–Kier alpha value is -9.39. The topological polar surface area (TPSA) is 69.9 Å². The van der Waals surface area contributed by atoms with Crippen LogP contribution in [0.25, 0.3) is 139 Å². The molecule has 0 amide bonds. The van der Waals surface area contributed by atoms with Crippen LogP contribution in [-0.2, 0) is 0 Å². The van der Waals surface area contributed by atoms with E-state index >= 15 is 0 Å². The Morgan fingerprint density at radius 3 is 1.46 bits per heavy atom. The van der Waals surface area contributed by atoms with Gasteiger partial charge >= 0.3 is 0 Å². The first kappa shape index (κ1) is 38.8. The van der Waals surface area contributed by atoms with Crippen LogP contribution in [0, 0.1) is 0 Å². The molecule has 0 bridgehead atoms. The van der Waals surface area contributed by atoms with Gasteiger partial charge < -0.3 is 13.4 Å². The maximum Gasteiger partial charge on any atom is 0.164 e. The van der Waals surface area contributed by atoms with Gasteiger partial charge in [0.05, 0.1) is 16.7 Å². The van der Waals surface area contributed by atoms with Crippen molar-refractivity contribution in [1.82, 2.24) is 19.5 Å². The Balaban J connectivity index is 0.857. The molecule has 69 heavy (non-hydrogen) atoms. The fourth-order valence-corrected chi connectivity index (χ4v) is 10.1. The summed E-state index contributed by atoms with van der Waals surface area (Å²) in [6, 6.07) is 80.3. The summed E-state index contributed by atoms with van der Waals surface area (Å²) in [7, 11) is 0. The van der Waals surface area contributed by atoms with Gasteiger partial charge in [-0.05, 0) is 76.3 Å². The molecule has 0 atom stereocenters. The van der Waals surface area contributed by atoms with Gasteiger partial charge in [0.2, 0.25) is 0 Å². The van der Waals surface area contributed by atoms with E-state index in [9.17, 15) is 0 Å². The van der Waals surface area contributed by atoms with Gasteiger partial charge in [-0.3, -0.25) is 0 Å². The predicted molar refractivity (Wildman–Crippen MR) is 281 cm³/mol. The van der Waals surface area contributed by atoms with Crippen LogP contribution in [0.4, 0.5) is 0 Å². The van der Waals surface area contributed by atoms with Crippen molar-refractivity contribution >= 4 is 65.7 Å². The first-order valence-electron chi connectivity index (χ1n) is 23.2. The normalized spacial score (nSPS) is 11.8. The lowest BCUT2D eigenvalue weighted by Gasteiger charge is -2.09. The molecule has 0 aliphatic carbocycles. The van der Waals surface area contributed by atoms with Crippen LogP contribution >= 0.6 is 0 Å². The highest BCUT2D eigenvalue weighted by atomic mass is 16.3. The molecule has 0 aliphatic heterocycles. The fraction of sp³-hybridized carbons (Fsp3) is 0. The van der Waals surface area contributed by atoms with E-state index in [1.54, 1.807) is 0 Å². The second-order valence-electron chi connectivity index (χ2n) is 17.5. The molecular weight excluding hydrogens is 845 g/mol. The van der Waals surface area contributed by atoms with Crippen molar-refractivity contribution in [1.29, 1.82) is 0 Å². The average molecular weight is 883 g/mol. The molecule has 10 aromatic carbocycles. The molecule has 322 valence electrons. The molecule has 0 radical (unpaired) electrons. The smallest absolute Gasteiger partial charge is 0.164 e. The number of aromatic nitrogens is 4.